The highest BCUT2D eigenvalue weighted by molar-refractivity contribution is 7.93. The lowest BCUT2D eigenvalue weighted by Crippen LogP contribution is -2.16. The third-order valence-corrected chi connectivity index (χ3v) is 5.81. The number of nitrogens with one attached hydrogen (secondary N) is 2. The number of alkyl halides is 2. The van der Waals surface area contributed by atoms with Crippen LogP contribution in [0.25, 0.3) is 21.8 Å². The summed E-state index contributed by atoms with van der Waals surface area (Å²) in [5.74, 6) is -1.21. The molecule has 0 aliphatic heterocycles. The molecule has 168 valence electrons. The van der Waals surface area contributed by atoms with Gasteiger partial charge in [0.15, 0.2) is 0 Å². The van der Waals surface area contributed by atoms with Gasteiger partial charge in [0.2, 0.25) is 11.7 Å². The van der Waals surface area contributed by atoms with Crippen LogP contribution in [0.4, 0.5) is 14.7 Å². The monoisotopic (exact) mass is 465 g/mol. The molecule has 0 unspecified atom stereocenters. The highest BCUT2D eigenvalue weighted by Gasteiger charge is 2.25. The van der Waals surface area contributed by atoms with Crippen LogP contribution in [0.3, 0.4) is 0 Å². The van der Waals surface area contributed by atoms with Gasteiger partial charge in [-0.25, -0.2) is 21.9 Å². The predicted octanol–water partition coefficient (Wildman–Crippen LogP) is 2.97. The molecule has 0 bridgehead atoms. The van der Waals surface area contributed by atoms with Gasteiger partial charge in [-0.05, 0) is 6.07 Å². The molecule has 0 saturated heterocycles. The molecular weight excluding hydrogens is 448 g/mol. The molecular formula is C19H17F2N5O5S. The number of ether oxygens (including phenoxy) is 3. The molecule has 0 saturated carbocycles. The second-order valence-corrected chi connectivity index (χ2v) is 8.07. The Labute approximate surface area is 180 Å². The third-order valence-electron chi connectivity index (χ3n) is 4.45. The summed E-state index contributed by atoms with van der Waals surface area (Å²) in [5, 5.41) is 1.26. The molecule has 3 heterocycles. The van der Waals surface area contributed by atoms with Gasteiger partial charge in [-0.1, -0.05) is 18.2 Å². The minimum atomic E-state index is -4.16. The quantitative estimate of drug-likeness (QED) is 0.406. The Kier molecular flexibility index (Phi) is 5.65. The van der Waals surface area contributed by atoms with E-state index in [4.69, 9.17) is 14.2 Å². The Morgan fingerprint density at radius 2 is 1.84 bits per heavy atom. The molecule has 0 fully saturated rings. The number of rotatable bonds is 8. The zero-order valence-electron chi connectivity index (χ0n) is 16.8. The number of H-pyrrole nitrogens is 1. The van der Waals surface area contributed by atoms with Crippen LogP contribution >= 0.6 is 0 Å². The van der Waals surface area contributed by atoms with E-state index in [1.165, 1.54) is 20.4 Å². The maximum Gasteiger partial charge on any atom is 0.272 e. The fraction of sp³-hybridized carbons (Fsp3) is 0.211. The van der Waals surface area contributed by atoms with Crippen molar-refractivity contribution in [1.29, 1.82) is 0 Å². The van der Waals surface area contributed by atoms with Crippen molar-refractivity contribution < 1.29 is 31.4 Å². The normalized spacial score (nSPS) is 11.8. The van der Waals surface area contributed by atoms with E-state index in [0.717, 1.165) is 5.39 Å². The van der Waals surface area contributed by atoms with Crippen LogP contribution in [0.5, 0.6) is 17.5 Å². The van der Waals surface area contributed by atoms with Crippen LogP contribution in [-0.2, 0) is 10.0 Å². The number of nitrogens with zero attached hydrogens (tertiary/aromatic N) is 3. The van der Waals surface area contributed by atoms with Crippen molar-refractivity contribution in [2.24, 2.45) is 0 Å². The molecule has 13 heteroatoms. The minimum Gasteiger partial charge on any atom is -0.478 e. The molecule has 1 aromatic carbocycles. The average Bonchev–Trinajstić information content (AvgIpc) is 3.23. The zero-order valence-corrected chi connectivity index (χ0v) is 17.6. The van der Waals surface area contributed by atoms with E-state index in [0.29, 0.717) is 16.4 Å². The van der Waals surface area contributed by atoms with Gasteiger partial charge in [0.05, 0.1) is 25.3 Å². The van der Waals surface area contributed by atoms with Gasteiger partial charge in [0, 0.05) is 23.2 Å². The Bertz CT molecular complexity index is 1370. The lowest BCUT2D eigenvalue weighted by Gasteiger charge is -2.14. The van der Waals surface area contributed by atoms with E-state index in [9.17, 15) is 17.2 Å². The summed E-state index contributed by atoms with van der Waals surface area (Å²) in [7, 11) is -1.73. The standard InChI is InChI=1S/C19H17F2N5O5S/c1-29-17-16(31-9-13(20)21)18(30-2)25-19(24-17)26-32(27,28)12-8-23-15-11(12)6-5-10-4-3-7-22-14(10)15/h3-8,13,23H,9H2,1-2H3,(H,24,25,26). The molecule has 0 spiro atoms. The zero-order chi connectivity index (χ0) is 22.9. The van der Waals surface area contributed by atoms with Crippen LogP contribution in [-0.4, -0.2) is 55.6 Å². The topological polar surface area (TPSA) is 128 Å². The van der Waals surface area contributed by atoms with E-state index in [2.05, 4.69) is 24.7 Å². The summed E-state index contributed by atoms with van der Waals surface area (Å²) in [4.78, 5) is 15.0. The van der Waals surface area contributed by atoms with Crippen LogP contribution in [0.1, 0.15) is 0 Å². The molecule has 0 aliphatic rings. The maximum absolute atomic E-state index is 13.1. The minimum absolute atomic E-state index is 0.0559. The molecule has 2 N–H and O–H groups in total. The van der Waals surface area contributed by atoms with Crippen molar-refractivity contribution in [3.8, 4) is 17.5 Å². The number of fused-ring (bicyclic) bond motifs is 3. The van der Waals surface area contributed by atoms with Crippen LogP contribution in [0.15, 0.2) is 41.6 Å². The molecule has 10 nitrogen and oxygen atoms in total. The van der Waals surface area contributed by atoms with E-state index in [1.54, 1.807) is 24.4 Å². The molecule has 32 heavy (non-hydrogen) atoms. The SMILES string of the molecule is COc1nc(NS(=O)(=O)c2c[nH]c3c2ccc2cccnc23)nc(OC)c1OCC(F)F. The van der Waals surface area contributed by atoms with Gasteiger partial charge < -0.3 is 19.2 Å². The highest BCUT2D eigenvalue weighted by atomic mass is 32.2. The smallest absolute Gasteiger partial charge is 0.272 e. The number of benzene rings is 1. The Morgan fingerprint density at radius 1 is 1.12 bits per heavy atom. The Balaban J connectivity index is 1.73. The summed E-state index contributed by atoms with van der Waals surface area (Å²) in [6.07, 6.45) is 0.185. The Morgan fingerprint density at radius 3 is 2.50 bits per heavy atom. The predicted molar refractivity (Wildman–Crippen MR) is 111 cm³/mol. The number of halogens is 2. The first-order valence-corrected chi connectivity index (χ1v) is 10.6. The van der Waals surface area contributed by atoms with Crippen molar-refractivity contribution >= 4 is 37.8 Å². The van der Waals surface area contributed by atoms with Gasteiger partial charge in [-0.2, -0.15) is 9.97 Å². The van der Waals surface area contributed by atoms with Crippen molar-refractivity contribution in [2.75, 3.05) is 25.5 Å². The molecule has 4 aromatic rings. The number of methoxy groups -OCH3 is 2. The lowest BCUT2D eigenvalue weighted by molar-refractivity contribution is 0.0781. The number of aromatic amines is 1. The summed E-state index contributed by atoms with van der Waals surface area (Å²) in [6.45, 7) is -0.946. The summed E-state index contributed by atoms with van der Waals surface area (Å²) < 4.78 is 68.5. The number of anilines is 1. The van der Waals surface area contributed by atoms with Crippen molar-refractivity contribution in [3.05, 3.63) is 36.7 Å². The first-order valence-electron chi connectivity index (χ1n) is 9.12. The van der Waals surface area contributed by atoms with Crippen LogP contribution < -0.4 is 18.9 Å². The second-order valence-electron chi connectivity index (χ2n) is 6.42. The van der Waals surface area contributed by atoms with Crippen molar-refractivity contribution in [2.45, 2.75) is 11.3 Å². The maximum atomic E-state index is 13.1. The van der Waals surface area contributed by atoms with Gasteiger partial charge in [0.25, 0.3) is 28.2 Å². The first kappa shape index (κ1) is 21.5. The van der Waals surface area contributed by atoms with Crippen molar-refractivity contribution in [3.63, 3.8) is 0 Å². The lowest BCUT2D eigenvalue weighted by atomic mass is 10.1. The molecule has 0 atom stereocenters. The van der Waals surface area contributed by atoms with Crippen LogP contribution in [0, 0.1) is 0 Å². The Hall–Kier alpha value is -3.74. The van der Waals surface area contributed by atoms with Gasteiger partial charge in [0.1, 0.15) is 11.5 Å². The molecule has 0 amide bonds. The average molecular weight is 465 g/mol. The van der Waals surface area contributed by atoms with Crippen LogP contribution in [0.2, 0.25) is 0 Å². The number of hydrogen-bond donors (Lipinski definition) is 2. The molecule has 0 aliphatic carbocycles. The van der Waals surface area contributed by atoms with Gasteiger partial charge in [-0.3, -0.25) is 4.98 Å². The largest absolute Gasteiger partial charge is 0.478 e. The number of aromatic nitrogens is 4. The fourth-order valence-electron chi connectivity index (χ4n) is 3.11. The summed E-state index contributed by atoms with van der Waals surface area (Å²) >= 11 is 0. The fourth-order valence-corrected chi connectivity index (χ4v) is 4.23. The van der Waals surface area contributed by atoms with E-state index in [-0.39, 0.29) is 22.4 Å². The first-order chi connectivity index (χ1) is 15.3. The molecule has 0 radical (unpaired) electrons. The molecule has 4 rings (SSSR count). The van der Waals surface area contributed by atoms with E-state index in [1.807, 2.05) is 6.07 Å². The molecule has 3 aromatic heterocycles. The summed E-state index contributed by atoms with van der Waals surface area (Å²) in [5.41, 5.74) is 1.17. The number of pyridine rings is 1. The van der Waals surface area contributed by atoms with Gasteiger partial charge >= 0.3 is 0 Å². The van der Waals surface area contributed by atoms with Crippen molar-refractivity contribution in [1.82, 2.24) is 19.9 Å². The number of hydrogen-bond acceptors (Lipinski definition) is 8. The summed E-state index contributed by atoms with van der Waals surface area (Å²) in [6, 6.07) is 7.06. The third kappa shape index (κ3) is 3.93. The second kappa shape index (κ2) is 8.42. The van der Waals surface area contributed by atoms with E-state index >= 15 is 0 Å². The highest BCUT2D eigenvalue weighted by Crippen LogP contribution is 2.36. The van der Waals surface area contributed by atoms with E-state index < -0.39 is 29.0 Å². The van der Waals surface area contributed by atoms with Gasteiger partial charge in [-0.15, -0.1) is 0 Å². The number of sulfonamides is 1.